The molecule has 0 spiro atoms. The van der Waals surface area contributed by atoms with Crippen molar-refractivity contribution in [1.29, 1.82) is 0 Å². The second-order valence-corrected chi connectivity index (χ2v) is 6.52. The molecular weight excluding hydrogens is 352 g/mol. The molecule has 1 aliphatic rings. The first-order valence-corrected chi connectivity index (χ1v) is 8.12. The number of nitrogens with one attached hydrogen (secondary N) is 1. The Morgan fingerprint density at radius 3 is 2.81 bits per heavy atom. The second-order valence-electron chi connectivity index (χ2n) is 5.23. The molecule has 0 unspecified atom stereocenters. The molecule has 110 valence electrons. The molecule has 0 atom stereocenters. The molecule has 0 aliphatic heterocycles. The van der Waals surface area contributed by atoms with Crippen molar-refractivity contribution in [3.05, 3.63) is 51.1 Å². The Labute approximate surface area is 137 Å². The molecule has 5 heteroatoms. The number of halogens is 2. The van der Waals surface area contributed by atoms with Crippen LogP contribution >= 0.6 is 27.5 Å². The lowest BCUT2D eigenvalue weighted by Crippen LogP contribution is -2.16. The van der Waals surface area contributed by atoms with Crippen molar-refractivity contribution in [2.24, 2.45) is 0 Å². The maximum atomic E-state index is 5.92. The third kappa shape index (κ3) is 3.96. The normalized spacial score (nSPS) is 14.2. The standard InChI is InChI=1S/C16H16BrClN2O/c1-10-11(9-19-13-4-5-13)2-7-16(20-10)21-15-6-3-12(18)8-14(15)17/h2-3,6-8,13,19H,4-5,9H2,1H3. The van der Waals surface area contributed by atoms with Crippen molar-refractivity contribution in [2.75, 3.05) is 0 Å². The minimum Gasteiger partial charge on any atom is -0.438 e. The van der Waals surface area contributed by atoms with E-state index in [9.17, 15) is 0 Å². The molecule has 1 aliphatic carbocycles. The summed E-state index contributed by atoms with van der Waals surface area (Å²) in [5.41, 5.74) is 2.20. The largest absolute Gasteiger partial charge is 0.438 e. The smallest absolute Gasteiger partial charge is 0.219 e. The van der Waals surface area contributed by atoms with E-state index in [4.69, 9.17) is 16.3 Å². The zero-order chi connectivity index (χ0) is 14.8. The van der Waals surface area contributed by atoms with Crippen LogP contribution in [0.3, 0.4) is 0 Å². The highest BCUT2D eigenvalue weighted by Crippen LogP contribution is 2.31. The number of ether oxygens (including phenoxy) is 1. The van der Waals surface area contributed by atoms with Crippen LogP contribution in [0.1, 0.15) is 24.1 Å². The first-order chi connectivity index (χ1) is 10.1. The van der Waals surface area contributed by atoms with E-state index in [1.165, 1.54) is 18.4 Å². The summed E-state index contributed by atoms with van der Waals surface area (Å²) in [7, 11) is 0. The van der Waals surface area contributed by atoms with Gasteiger partial charge in [0.25, 0.3) is 0 Å². The van der Waals surface area contributed by atoms with Crippen LogP contribution in [0, 0.1) is 6.92 Å². The second kappa shape index (κ2) is 6.34. The van der Waals surface area contributed by atoms with Gasteiger partial charge in [-0.3, -0.25) is 0 Å². The Morgan fingerprint density at radius 1 is 1.33 bits per heavy atom. The predicted molar refractivity (Wildman–Crippen MR) is 88.1 cm³/mol. The van der Waals surface area contributed by atoms with Gasteiger partial charge in [0.2, 0.25) is 5.88 Å². The fraction of sp³-hybridized carbons (Fsp3) is 0.312. The molecule has 2 aromatic rings. The maximum Gasteiger partial charge on any atom is 0.219 e. The molecule has 0 radical (unpaired) electrons. The number of rotatable bonds is 5. The summed E-state index contributed by atoms with van der Waals surface area (Å²) in [6.45, 7) is 2.88. The lowest BCUT2D eigenvalue weighted by molar-refractivity contribution is 0.458. The van der Waals surface area contributed by atoms with Crippen molar-refractivity contribution < 1.29 is 4.74 Å². The highest BCUT2D eigenvalue weighted by molar-refractivity contribution is 9.10. The Kier molecular flexibility index (Phi) is 4.48. The van der Waals surface area contributed by atoms with E-state index in [-0.39, 0.29) is 0 Å². The highest BCUT2D eigenvalue weighted by Gasteiger charge is 2.20. The highest BCUT2D eigenvalue weighted by atomic mass is 79.9. The average molecular weight is 368 g/mol. The van der Waals surface area contributed by atoms with Gasteiger partial charge in [-0.1, -0.05) is 17.7 Å². The summed E-state index contributed by atoms with van der Waals surface area (Å²) in [5, 5.41) is 4.16. The Hall–Kier alpha value is -1.10. The predicted octanol–water partition coefficient (Wildman–Crippen LogP) is 4.85. The van der Waals surface area contributed by atoms with Crippen molar-refractivity contribution in [1.82, 2.24) is 10.3 Å². The van der Waals surface area contributed by atoms with Gasteiger partial charge in [0.15, 0.2) is 0 Å². The molecule has 1 fully saturated rings. The van der Waals surface area contributed by atoms with Crippen molar-refractivity contribution >= 4 is 27.5 Å². The van der Waals surface area contributed by atoms with E-state index in [1.807, 2.05) is 19.1 Å². The number of aromatic nitrogens is 1. The van der Waals surface area contributed by atoms with Gasteiger partial charge >= 0.3 is 0 Å². The van der Waals surface area contributed by atoms with Gasteiger partial charge in [0.05, 0.1) is 4.47 Å². The summed E-state index contributed by atoms with van der Waals surface area (Å²) >= 11 is 9.36. The molecule has 1 aromatic heterocycles. The molecule has 1 N–H and O–H groups in total. The number of hydrogen-bond acceptors (Lipinski definition) is 3. The molecule has 0 amide bonds. The van der Waals surface area contributed by atoms with E-state index in [2.05, 4.69) is 32.3 Å². The van der Waals surface area contributed by atoms with Crippen LogP contribution in [0.25, 0.3) is 0 Å². The fourth-order valence-corrected chi connectivity index (χ4v) is 2.79. The summed E-state index contributed by atoms with van der Waals surface area (Å²) in [6.07, 6.45) is 2.58. The number of hydrogen-bond donors (Lipinski definition) is 1. The molecule has 21 heavy (non-hydrogen) atoms. The fourth-order valence-electron chi connectivity index (χ4n) is 2.02. The van der Waals surface area contributed by atoms with Crippen LogP contribution in [0.2, 0.25) is 5.02 Å². The Balaban J connectivity index is 1.71. The number of nitrogens with zero attached hydrogens (tertiary/aromatic N) is 1. The third-order valence-corrected chi connectivity index (χ3v) is 4.29. The van der Waals surface area contributed by atoms with E-state index < -0.39 is 0 Å². The zero-order valence-electron chi connectivity index (χ0n) is 11.7. The van der Waals surface area contributed by atoms with Gasteiger partial charge in [-0.15, -0.1) is 0 Å². The minimum absolute atomic E-state index is 0.589. The maximum absolute atomic E-state index is 5.92. The van der Waals surface area contributed by atoms with Crippen molar-refractivity contribution in [3.8, 4) is 11.6 Å². The molecular formula is C16H16BrClN2O. The van der Waals surface area contributed by atoms with E-state index in [0.717, 1.165) is 16.7 Å². The van der Waals surface area contributed by atoms with Crippen LogP contribution in [0.4, 0.5) is 0 Å². The molecule has 3 nitrogen and oxygen atoms in total. The average Bonchev–Trinajstić information content (AvgIpc) is 3.25. The van der Waals surface area contributed by atoms with Crippen LogP contribution in [0.15, 0.2) is 34.8 Å². The summed E-state index contributed by atoms with van der Waals surface area (Å²) in [5.74, 6) is 1.29. The summed E-state index contributed by atoms with van der Waals surface area (Å²) < 4.78 is 6.61. The topological polar surface area (TPSA) is 34.1 Å². The van der Waals surface area contributed by atoms with E-state index in [1.54, 1.807) is 12.1 Å². The Morgan fingerprint density at radius 2 is 2.14 bits per heavy atom. The van der Waals surface area contributed by atoms with E-state index >= 15 is 0 Å². The lowest BCUT2D eigenvalue weighted by Gasteiger charge is -2.10. The quantitative estimate of drug-likeness (QED) is 0.820. The monoisotopic (exact) mass is 366 g/mol. The summed E-state index contributed by atoms with van der Waals surface area (Å²) in [4.78, 5) is 4.51. The molecule has 1 aromatic carbocycles. The summed E-state index contributed by atoms with van der Waals surface area (Å²) in [6, 6.07) is 10.1. The van der Waals surface area contributed by atoms with Crippen LogP contribution in [0.5, 0.6) is 11.6 Å². The first kappa shape index (κ1) is 14.8. The van der Waals surface area contributed by atoms with Gasteiger partial charge in [-0.2, -0.15) is 0 Å². The minimum atomic E-state index is 0.589. The SMILES string of the molecule is Cc1nc(Oc2ccc(Cl)cc2Br)ccc1CNC1CC1. The third-order valence-electron chi connectivity index (χ3n) is 3.44. The van der Waals surface area contributed by atoms with Crippen LogP contribution < -0.4 is 10.1 Å². The van der Waals surface area contributed by atoms with Crippen LogP contribution in [-0.2, 0) is 6.54 Å². The number of pyridine rings is 1. The Bertz CT molecular complexity index is 659. The zero-order valence-corrected chi connectivity index (χ0v) is 14.0. The lowest BCUT2D eigenvalue weighted by atomic mass is 10.2. The van der Waals surface area contributed by atoms with Crippen molar-refractivity contribution in [2.45, 2.75) is 32.4 Å². The van der Waals surface area contributed by atoms with E-state index in [0.29, 0.717) is 22.7 Å². The molecule has 1 saturated carbocycles. The number of aryl methyl sites for hydroxylation is 1. The van der Waals surface area contributed by atoms with Crippen molar-refractivity contribution in [3.63, 3.8) is 0 Å². The first-order valence-electron chi connectivity index (χ1n) is 6.94. The molecule has 3 rings (SSSR count). The number of benzene rings is 1. The van der Waals surface area contributed by atoms with Gasteiger partial charge in [-0.05, 0) is 59.5 Å². The van der Waals surface area contributed by atoms with Crippen LogP contribution in [-0.4, -0.2) is 11.0 Å². The molecule has 1 heterocycles. The molecule has 0 bridgehead atoms. The molecule has 0 saturated heterocycles. The van der Waals surface area contributed by atoms with Gasteiger partial charge in [0, 0.05) is 29.4 Å². The van der Waals surface area contributed by atoms with Gasteiger partial charge in [0.1, 0.15) is 5.75 Å². The van der Waals surface area contributed by atoms with Gasteiger partial charge < -0.3 is 10.1 Å². The van der Waals surface area contributed by atoms with Gasteiger partial charge in [-0.25, -0.2) is 4.98 Å².